The number of nitrogens with zero attached hydrogens (tertiary/aromatic N) is 7. The Bertz CT molecular complexity index is 1600. The third-order valence-electron chi connectivity index (χ3n) is 14.0. The predicted molar refractivity (Wildman–Crippen MR) is 200 cm³/mol. The van der Waals surface area contributed by atoms with Crippen molar-refractivity contribution in [3.63, 3.8) is 0 Å². The van der Waals surface area contributed by atoms with Gasteiger partial charge in [-0.2, -0.15) is 0 Å². The summed E-state index contributed by atoms with van der Waals surface area (Å²) in [6, 6.07) is -4.84. The lowest BCUT2D eigenvalue weighted by Gasteiger charge is -2.37. The number of nitrogens with one attached hydrogen (secondary N) is 1. The summed E-state index contributed by atoms with van der Waals surface area (Å²) in [7, 11) is 0. The molecule has 1 N–H and O–H groups in total. The smallest absolute Gasteiger partial charge is 0.246 e. The third-order valence-corrected chi connectivity index (χ3v) is 14.0. The molecule has 0 aromatic rings. The van der Waals surface area contributed by atoms with Gasteiger partial charge < -0.3 is 44.4 Å². The van der Waals surface area contributed by atoms with Gasteiger partial charge in [0.15, 0.2) is 0 Å². The molecule has 0 unspecified atom stereocenters. The SMILES string of the molecule is O=C[C@@H]1CCCN1C(=O)[C@@H]1CCCN1C(=O)[C@@H]1CCCN1C(=O)[C@@H]1CCCN1C(=O)[C@@H]1CCCN1C(=O)[C@@H]1CCCN1C(=O)[C@@H]1CCCN1C(=O)[C@@H]1CCCN1. The first-order valence-corrected chi connectivity index (χ1v) is 21.5. The molecule has 0 aliphatic carbocycles. The largest absolute Gasteiger partial charge is 0.331 e. The van der Waals surface area contributed by atoms with Crippen LogP contribution in [0.25, 0.3) is 0 Å². The zero-order valence-electron chi connectivity index (χ0n) is 32.6. The predicted octanol–water partition coefficient (Wildman–Crippen LogP) is -0.126. The highest BCUT2D eigenvalue weighted by atomic mass is 16.2. The second-order valence-corrected chi connectivity index (χ2v) is 17.2. The number of carbonyl (C=O) groups excluding carboxylic acids is 8. The standard InChI is InChI=1S/C40H58N8O8/c49-25-26-9-2-18-42(26)35(51)28-11-4-20-44(28)37(53)30-13-6-22-46(30)39(55)32-15-8-24-48(32)40(56)33-16-7-23-47(33)38(54)31-14-5-21-45(31)36(52)29-12-3-19-43(29)34(50)27-10-1-17-41-27/h25-33,41H,1-24H2/t26-,27-,28-,29-,30-,31-,32-,33-/m0/s1. The van der Waals surface area contributed by atoms with E-state index in [1.54, 1.807) is 34.3 Å². The van der Waals surface area contributed by atoms with Gasteiger partial charge in [-0.1, -0.05) is 0 Å². The maximum absolute atomic E-state index is 14.4. The average molecular weight is 779 g/mol. The number of amides is 7. The van der Waals surface area contributed by atoms with Crippen LogP contribution in [0, 0.1) is 0 Å². The van der Waals surface area contributed by atoms with Crippen LogP contribution >= 0.6 is 0 Å². The molecular formula is C40H58N8O8. The monoisotopic (exact) mass is 778 g/mol. The first-order valence-electron chi connectivity index (χ1n) is 21.5. The topological polar surface area (TPSA) is 171 Å². The maximum Gasteiger partial charge on any atom is 0.246 e. The summed E-state index contributed by atoms with van der Waals surface area (Å²) < 4.78 is 0. The van der Waals surface area contributed by atoms with Crippen molar-refractivity contribution < 1.29 is 38.4 Å². The van der Waals surface area contributed by atoms with Gasteiger partial charge in [-0.15, -0.1) is 0 Å². The van der Waals surface area contributed by atoms with Gasteiger partial charge in [-0.3, -0.25) is 33.6 Å². The Morgan fingerprint density at radius 2 is 0.643 bits per heavy atom. The Balaban J connectivity index is 0.916. The van der Waals surface area contributed by atoms with Gasteiger partial charge in [0.25, 0.3) is 0 Å². The molecule has 0 aromatic heterocycles. The molecule has 8 heterocycles. The van der Waals surface area contributed by atoms with Crippen LogP contribution in [0.15, 0.2) is 0 Å². The lowest BCUT2D eigenvalue weighted by atomic mass is 10.1. The first-order chi connectivity index (χ1) is 27.2. The molecule has 7 amide bonds. The van der Waals surface area contributed by atoms with Gasteiger partial charge in [0, 0.05) is 45.8 Å². The van der Waals surface area contributed by atoms with Crippen molar-refractivity contribution in [2.24, 2.45) is 0 Å². The molecule has 8 rings (SSSR count). The molecular weight excluding hydrogens is 720 g/mol. The van der Waals surface area contributed by atoms with Crippen molar-refractivity contribution in [1.29, 1.82) is 0 Å². The molecule has 8 saturated heterocycles. The fourth-order valence-electron chi connectivity index (χ4n) is 11.2. The Kier molecular flexibility index (Phi) is 11.4. The summed E-state index contributed by atoms with van der Waals surface area (Å²) in [5.41, 5.74) is 0. The Morgan fingerprint density at radius 1 is 0.357 bits per heavy atom. The Morgan fingerprint density at radius 3 is 0.946 bits per heavy atom. The Labute approximate surface area is 328 Å². The fraction of sp³-hybridized carbons (Fsp3) is 0.800. The number of likely N-dealkylation sites (tertiary alicyclic amines) is 7. The number of rotatable bonds is 8. The van der Waals surface area contributed by atoms with Crippen molar-refractivity contribution in [3.05, 3.63) is 0 Å². The molecule has 0 spiro atoms. The molecule has 0 aromatic carbocycles. The molecule has 56 heavy (non-hydrogen) atoms. The van der Waals surface area contributed by atoms with E-state index in [1.165, 1.54) is 0 Å². The molecule has 0 saturated carbocycles. The highest BCUT2D eigenvalue weighted by Crippen LogP contribution is 2.33. The second-order valence-electron chi connectivity index (χ2n) is 17.2. The lowest BCUT2D eigenvalue weighted by Crippen LogP contribution is -2.59. The van der Waals surface area contributed by atoms with Crippen LogP contribution in [0.1, 0.15) is 103 Å². The van der Waals surface area contributed by atoms with E-state index in [0.29, 0.717) is 123 Å². The van der Waals surface area contributed by atoms with Crippen LogP contribution in [-0.4, -0.2) is 183 Å². The molecule has 0 radical (unpaired) electrons. The van der Waals surface area contributed by atoms with E-state index in [-0.39, 0.29) is 47.4 Å². The van der Waals surface area contributed by atoms with Crippen LogP contribution in [0.4, 0.5) is 0 Å². The maximum atomic E-state index is 14.4. The zero-order chi connectivity index (χ0) is 39.1. The van der Waals surface area contributed by atoms with E-state index in [0.717, 1.165) is 38.5 Å². The summed E-state index contributed by atoms with van der Waals surface area (Å²) in [6.07, 6.45) is 10.9. The number of hydrogen-bond acceptors (Lipinski definition) is 9. The summed E-state index contributed by atoms with van der Waals surface area (Å²) in [4.78, 5) is 121. The van der Waals surface area contributed by atoms with E-state index in [4.69, 9.17) is 0 Å². The summed E-state index contributed by atoms with van der Waals surface area (Å²) >= 11 is 0. The Hall–Kier alpha value is -4.08. The van der Waals surface area contributed by atoms with Crippen molar-refractivity contribution in [1.82, 2.24) is 39.6 Å². The highest BCUT2D eigenvalue weighted by Gasteiger charge is 2.50. The van der Waals surface area contributed by atoms with Gasteiger partial charge in [-0.25, -0.2) is 0 Å². The van der Waals surface area contributed by atoms with Crippen molar-refractivity contribution in [2.45, 2.75) is 151 Å². The molecule has 16 nitrogen and oxygen atoms in total. The quantitative estimate of drug-likeness (QED) is 0.330. The van der Waals surface area contributed by atoms with Gasteiger partial charge in [-0.05, 0) is 109 Å². The molecule has 8 aliphatic heterocycles. The minimum Gasteiger partial charge on any atom is -0.331 e. The van der Waals surface area contributed by atoms with Gasteiger partial charge >= 0.3 is 0 Å². The second kappa shape index (κ2) is 16.4. The molecule has 8 fully saturated rings. The summed E-state index contributed by atoms with van der Waals surface area (Å²) in [6.45, 7) is 3.85. The highest BCUT2D eigenvalue weighted by molar-refractivity contribution is 5.98. The number of aldehydes is 1. The van der Waals surface area contributed by atoms with E-state index in [1.807, 2.05) is 0 Å². The average Bonchev–Trinajstić information content (AvgIpc) is 4.07. The molecule has 8 atom stereocenters. The van der Waals surface area contributed by atoms with Crippen molar-refractivity contribution in [2.75, 3.05) is 52.4 Å². The first kappa shape index (κ1) is 38.8. The van der Waals surface area contributed by atoms with Gasteiger partial charge in [0.1, 0.15) is 42.5 Å². The van der Waals surface area contributed by atoms with Crippen molar-refractivity contribution in [3.8, 4) is 0 Å². The van der Waals surface area contributed by atoms with Gasteiger partial charge in [0.05, 0.1) is 12.1 Å². The van der Waals surface area contributed by atoms with E-state index in [2.05, 4.69) is 5.32 Å². The molecule has 8 aliphatic rings. The minimum atomic E-state index is -0.743. The zero-order valence-corrected chi connectivity index (χ0v) is 32.6. The summed E-state index contributed by atoms with van der Waals surface area (Å²) in [5, 5.41) is 3.25. The van der Waals surface area contributed by atoms with Crippen molar-refractivity contribution >= 4 is 47.6 Å². The van der Waals surface area contributed by atoms with Crippen LogP contribution in [0.3, 0.4) is 0 Å². The summed E-state index contributed by atoms with van der Waals surface area (Å²) in [5.74, 6) is -1.42. The van der Waals surface area contributed by atoms with Crippen LogP contribution in [0.2, 0.25) is 0 Å². The van der Waals surface area contributed by atoms with E-state index in [9.17, 15) is 38.4 Å². The third kappa shape index (κ3) is 6.97. The van der Waals surface area contributed by atoms with Crippen LogP contribution in [0.5, 0.6) is 0 Å². The minimum absolute atomic E-state index is 0.0356. The van der Waals surface area contributed by atoms with E-state index < -0.39 is 42.3 Å². The van der Waals surface area contributed by atoms with Crippen LogP contribution in [-0.2, 0) is 38.4 Å². The molecule has 16 heteroatoms. The lowest BCUT2D eigenvalue weighted by molar-refractivity contribution is -0.155. The number of hydrogen-bond donors (Lipinski definition) is 1. The van der Waals surface area contributed by atoms with E-state index >= 15 is 0 Å². The normalized spacial score (nSPS) is 33.3. The number of carbonyl (C=O) groups is 8. The molecule has 306 valence electrons. The van der Waals surface area contributed by atoms with Crippen LogP contribution < -0.4 is 5.32 Å². The fourth-order valence-corrected chi connectivity index (χ4v) is 11.2. The van der Waals surface area contributed by atoms with Gasteiger partial charge in [0.2, 0.25) is 41.4 Å². The molecule has 0 bridgehead atoms.